The van der Waals surface area contributed by atoms with Crippen LogP contribution in [-0.2, 0) is 11.2 Å². The van der Waals surface area contributed by atoms with Gasteiger partial charge in [0.1, 0.15) is 0 Å². The number of carbonyl (C=O) groups excluding carboxylic acids is 1. The smallest absolute Gasteiger partial charge is 0.230 e. The quantitative estimate of drug-likeness (QED) is 0.909. The summed E-state index contributed by atoms with van der Waals surface area (Å²) in [6.07, 6.45) is 0.182. The number of amides is 1. The summed E-state index contributed by atoms with van der Waals surface area (Å²) in [7, 11) is 0. The number of aromatic nitrogens is 2. The summed E-state index contributed by atoms with van der Waals surface area (Å²) >= 11 is 11.8. The highest BCUT2D eigenvalue weighted by Crippen LogP contribution is 2.21. The zero-order valence-electron chi connectivity index (χ0n) is 9.63. The summed E-state index contributed by atoms with van der Waals surface area (Å²) in [5, 5.41) is 10.4. The highest BCUT2D eigenvalue weighted by atomic mass is 35.5. The molecule has 2 N–H and O–H groups in total. The summed E-state index contributed by atoms with van der Waals surface area (Å²) < 4.78 is 0. The molecule has 0 aliphatic carbocycles. The van der Waals surface area contributed by atoms with E-state index in [1.807, 2.05) is 6.92 Å². The topological polar surface area (TPSA) is 57.8 Å². The minimum Gasteiger partial charge on any atom is -0.309 e. The van der Waals surface area contributed by atoms with Crippen LogP contribution >= 0.6 is 23.2 Å². The molecule has 94 valence electrons. The number of anilines is 1. The van der Waals surface area contributed by atoms with E-state index >= 15 is 0 Å². The minimum atomic E-state index is -0.175. The normalized spacial score (nSPS) is 10.4. The van der Waals surface area contributed by atoms with Crippen molar-refractivity contribution in [3.63, 3.8) is 0 Å². The molecule has 0 saturated heterocycles. The average molecular weight is 284 g/mol. The molecule has 0 saturated carbocycles. The van der Waals surface area contributed by atoms with Crippen molar-refractivity contribution in [2.24, 2.45) is 0 Å². The molecule has 6 heteroatoms. The summed E-state index contributed by atoms with van der Waals surface area (Å²) in [5.41, 5.74) is 1.61. The van der Waals surface area contributed by atoms with Crippen LogP contribution in [0.3, 0.4) is 0 Å². The maximum absolute atomic E-state index is 11.8. The van der Waals surface area contributed by atoms with Crippen LogP contribution in [0.2, 0.25) is 10.0 Å². The van der Waals surface area contributed by atoms with Gasteiger partial charge in [0.2, 0.25) is 5.91 Å². The standard InChI is InChI=1S/C12H11Cl2N3O/c1-7-4-11(17-16-7)15-12(18)5-8-2-3-9(13)6-10(8)14/h2-4,6H,5H2,1H3,(H2,15,16,17,18). The molecule has 0 aliphatic heterocycles. The average Bonchev–Trinajstić information content (AvgIpc) is 2.68. The van der Waals surface area contributed by atoms with Gasteiger partial charge in [0.25, 0.3) is 0 Å². The molecule has 1 aromatic heterocycles. The Balaban J connectivity index is 2.03. The summed E-state index contributed by atoms with van der Waals surface area (Å²) in [5.74, 6) is 0.327. The van der Waals surface area contributed by atoms with Crippen molar-refractivity contribution in [3.05, 3.63) is 45.6 Å². The third-order valence-electron chi connectivity index (χ3n) is 2.34. The molecule has 0 radical (unpaired) electrons. The van der Waals surface area contributed by atoms with Crippen LogP contribution in [0, 0.1) is 6.92 Å². The van der Waals surface area contributed by atoms with Gasteiger partial charge in [-0.05, 0) is 24.6 Å². The largest absolute Gasteiger partial charge is 0.309 e. The summed E-state index contributed by atoms with van der Waals surface area (Å²) in [6.45, 7) is 1.86. The predicted octanol–water partition coefficient (Wildman–Crippen LogP) is 3.21. The minimum absolute atomic E-state index is 0.175. The molecule has 2 aromatic rings. The first-order valence-corrected chi connectivity index (χ1v) is 6.06. The highest BCUT2D eigenvalue weighted by molar-refractivity contribution is 6.35. The molecule has 1 heterocycles. The maximum Gasteiger partial charge on any atom is 0.230 e. The number of halogens is 2. The van der Waals surface area contributed by atoms with E-state index in [0.29, 0.717) is 15.9 Å². The zero-order valence-corrected chi connectivity index (χ0v) is 11.1. The van der Waals surface area contributed by atoms with Crippen molar-refractivity contribution < 1.29 is 4.79 Å². The van der Waals surface area contributed by atoms with E-state index in [9.17, 15) is 4.79 Å². The predicted molar refractivity (Wildman–Crippen MR) is 72.1 cm³/mol. The zero-order chi connectivity index (χ0) is 13.1. The van der Waals surface area contributed by atoms with E-state index in [1.165, 1.54) is 0 Å². The molecule has 1 aromatic carbocycles. The van der Waals surface area contributed by atoms with Crippen LogP contribution in [0.25, 0.3) is 0 Å². The Hall–Kier alpha value is -1.52. The van der Waals surface area contributed by atoms with E-state index < -0.39 is 0 Å². The van der Waals surface area contributed by atoms with E-state index in [-0.39, 0.29) is 12.3 Å². The number of nitrogens with zero attached hydrogens (tertiary/aromatic N) is 1. The van der Waals surface area contributed by atoms with E-state index in [0.717, 1.165) is 11.3 Å². The van der Waals surface area contributed by atoms with E-state index in [2.05, 4.69) is 15.5 Å². The lowest BCUT2D eigenvalue weighted by Crippen LogP contribution is -2.14. The SMILES string of the molecule is Cc1cc(NC(=O)Cc2ccc(Cl)cc2Cl)n[nH]1. The Morgan fingerprint density at radius 1 is 1.39 bits per heavy atom. The number of nitrogens with one attached hydrogen (secondary N) is 2. The van der Waals surface area contributed by atoms with Gasteiger partial charge < -0.3 is 5.32 Å². The Labute approximate surface area is 114 Å². The third kappa shape index (κ3) is 3.24. The first kappa shape index (κ1) is 12.9. The van der Waals surface area contributed by atoms with Gasteiger partial charge in [-0.1, -0.05) is 29.3 Å². The molecular formula is C12H11Cl2N3O. The van der Waals surface area contributed by atoms with Gasteiger partial charge in [-0.3, -0.25) is 9.89 Å². The number of carbonyl (C=O) groups is 1. The second-order valence-corrected chi connectivity index (χ2v) is 4.74. The van der Waals surface area contributed by atoms with Crippen LogP contribution in [0.1, 0.15) is 11.3 Å². The fourth-order valence-corrected chi connectivity index (χ4v) is 1.98. The molecule has 0 fully saturated rings. The molecule has 0 spiro atoms. The van der Waals surface area contributed by atoms with Crippen molar-refractivity contribution in [1.29, 1.82) is 0 Å². The van der Waals surface area contributed by atoms with Crippen LogP contribution in [0.5, 0.6) is 0 Å². The molecule has 0 aliphatic rings. The maximum atomic E-state index is 11.8. The third-order valence-corrected chi connectivity index (χ3v) is 2.93. The van der Waals surface area contributed by atoms with Gasteiger partial charge in [-0.15, -0.1) is 0 Å². The Morgan fingerprint density at radius 3 is 2.78 bits per heavy atom. The van der Waals surface area contributed by atoms with Crippen LogP contribution in [0.15, 0.2) is 24.3 Å². The number of rotatable bonds is 3. The Bertz CT molecular complexity index is 580. The van der Waals surface area contributed by atoms with Gasteiger partial charge in [0.15, 0.2) is 5.82 Å². The van der Waals surface area contributed by atoms with Gasteiger partial charge in [-0.25, -0.2) is 0 Å². The molecule has 18 heavy (non-hydrogen) atoms. The Kier molecular flexibility index (Phi) is 3.89. The van der Waals surface area contributed by atoms with Gasteiger partial charge in [0.05, 0.1) is 6.42 Å². The summed E-state index contributed by atoms with van der Waals surface area (Å²) in [4.78, 5) is 11.8. The van der Waals surface area contributed by atoms with E-state index in [1.54, 1.807) is 24.3 Å². The van der Waals surface area contributed by atoms with Crippen LogP contribution < -0.4 is 5.32 Å². The number of aryl methyl sites for hydroxylation is 1. The molecular weight excluding hydrogens is 273 g/mol. The lowest BCUT2D eigenvalue weighted by atomic mass is 10.1. The monoisotopic (exact) mass is 283 g/mol. The van der Waals surface area contributed by atoms with Crippen molar-refractivity contribution in [3.8, 4) is 0 Å². The van der Waals surface area contributed by atoms with Crippen molar-refractivity contribution in [2.45, 2.75) is 13.3 Å². The number of hydrogen-bond acceptors (Lipinski definition) is 2. The fraction of sp³-hybridized carbons (Fsp3) is 0.167. The highest BCUT2D eigenvalue weighted by Gasteiger charge is 2.09. The van der Waals surface area contributed by atoms with Crippen LogP contribution in [-0.4, -0.2) is 16.1 Å². The molecule has 1 amide bonds. The van der Waals surface area contributed by atoms with Gasteiger partial charge in [0, 0.05) is 21.8 Å². The first-order chi connectivity index (χ1) is 8.54. The second kappa shape index (κ2) is 5.42. The lowest BCUT2D eigenvalue weighted by Gasteiger charge is -2.04. The fourth-order valence-electron chi connectivity index (χ4n) is 1.51. The second-order valence-electron chi connectivity index (χ2n) is 3.90. The van der Waals surface area contributed by atoms with Crippen molar-refractivity contribution in [2.75, 3.05) is 5.32 Å². The molecule has 2 rings (SSSR count). The summed E-state index contributed by atoms with van der Waals surface area (Å²) in [6, 6.07) is 6.81. The van der Waals surface area contributed by atoms with E-state index in [4.69, 9.17) is 23.2 Å². The number of H-pyrrole nitrogens is 1. The van der Waals surface area contributed by atoms with Gasteiger partial charge >= 0.3 is 0 Å². The number of hydrogen-bond donors (Lipinski definition) is 2. The van der Waals surface area contributed by atoms with Gasteiger partial charge in [-0.2, -0.15) is 5.10 Å². The van der Waals surface area contributed by atoms with Crippen molar-refractivity contribution in [1.82, 2.24) is 10.2 Å². The number of benzene rings is 1. The molecule has 4 nitrogen and oxygen atoms in total. The first-order valence-electron chi connectivity index (χ1n) is 5.30. The molecule has 0 atom stereocenters. The lowest BCUT2D eigenvalue weighted by molar-refractivity contribution is -0.115. The van der Waals surface area contributed by atoms with Crippen LogP contribution in [0.4, 0.5) is 5.82 Å². The molecule has 0 bridgehead atoms. The number of aromatic amines is 1. The Morgan fingerprint density at radius 2 is 2.17 bits per heavy atom. The molecule has 0 unspecified atom stereocenters. The van der Waals surface area contributed by atoms with Crippen molar-refractivity contribution >= 4 is 34.9 Å².